The maximum Gasteiger partial charge on any atom is 0.246 e. The monoisotopic (exact) mass is 347 g/mol. The van der Waals surface area contributed by atoms with Gasteiger partial charge in [0.1, 0.15) is 18.0 Å². The van der Waals surface area contributed by atoms with Crippen molar-refractivity contribution in [2.24, 2.45) is 0 Å². The normalized spacial score (nSPS) is 10.9. The Bertz CT molecular complexity index is 618. The molecule has 0 atom stereocenters. The maximum atomic E-state index is 12.2. The first kappa shape index (κ1) is 14.9. The maximum absolute atomic E-state index is 12.2. The fourth-order valence-electron chi connectivity index (χ4n) is 1.21. The molecule has 0 amide bonds. The van der Waals surface area contributed by atoms with Crippen LogP contribution >= 0.6 is 27.5 Å². The van der Waals surface area contributed by atoms with E-state index in [0.29, 0.717) is 4.47 Å². The minimum Gasteiger partial charge on any atom is -0.207 e. The van der Waals surface area contributed by atoms with Crippen LogP contribution in [0.25, 0.3) is 0 Å². The zero-order chi connectivity index (χ0) is 13.8. The van der Waals surface area contributed by atoms with E-state index in [1.807, 2.05) is 0 Å². The molecule has 0 aliphatic heterocycles. The zero-order valence-corrected chi connectivity index (χ0v) is 12.1. The highest BCUT2D eigenvalue weighted by Gasteiger charge is 2.26. The lowest BCUT2D eigenvalue weighted by Crippen LogP contribution is -2.32. The molecule has 0 saturated carbocycles. The van der Waals surface area contributed by atoms with Gasteiger partial charge in [0.25, 0.3) is 0 Å². The summed E-state index contributed by atoms with van der Waals surface area (Å²) in [6.45, 7) is -0.801. The van der Waals surface area contributed by atoms with Crippen molar-refractivity contribution < 1.29 is 8.42 Å². The van der Waals surface area contributed by atoms with E-state index in [2.05, 4.69) is 15.9 Å². The van der Waals surface area contributed by atoms with Crippen LogP contribution in [0.3, 0.4) is 0 Å². The number of benzene rings is 1. The second kappa shape index (κ2) is 6.17. The average molecular weight is 349 g/mol. The van der Waals surface area contributed by atoms with Gasteiger partial charge in [0.2, 0.25) is 10.0 Å². The molecule has 5 nitrogen and oxygen atoms in total. The highest BCUT2D eigenvalue weighted by atomic mass is 79.9. The first-order valence-electron chi connectivity index (χ1n) is 4.62. The average Bonchev–Trinajstić information content (AvgIpc) is 2.28. The molecule has 0 aliphatic rings. The molecule has 1 aromatic carbocycles. The third-order valence-corrected chi connectivity index (χ3v) is 4.77. The first-order chi connectivity index (χ1) is 8.43. The van der Waals surface area contributed by atoms with Crippen molar-refractivity contribution in [3.8, 4) is 12.1 Å². The summed E-state index contributed by atoms with van der Waals surface area (Å²) in [5.74, 6) is 0. The number of halogens is 2. The minimum absolute atomic E-state index is 0.0326. The molecule has 0 fully saturated rings. The van der Waals surface area contributed by atoms with E-state index < -0.39 is 23.1 Å². The van der Waals surface area contributed by atoms with Crippen LogP contribution < -0.4 is 0 Å². The number of sulfonamides is 1. The van der Waals surface area contributed by atoms with E-state index in [1.54, 1.807) is 12.1 Å². The standard InChI is InChI=1S/C10H7BrClN3O2S/c11-8-1-2-10(9(12)7-8)18(16,17)15(5-3-13)6-4-14/h1-2,7H,5-6H2. The van der Waals surface area contributed by atoms with Gasteiger partial charge in [0.15, 0.2) is 0 Å². The summed E-state index contributed by atoms with van der Waals surface area (Å²) in [4.78, 5) is -0.127. The van der Waals surface area contributed by atoms with Gasteiger partial charge >= 0.3 is 0 Å². The van der Waals surface area contributed by atoms with E-state index in [4.69, 9.17) is 22.1 Å². The van der Waals surface area contributed by atoms with E-state index in [9.17, 15) is 8.42 Å². The number of rotatable bonds is 4. The fourth-order valence-corrected chi connectivity index (χ4v) is 3.45. The zero-order valence-electron chi connectivity index (χ0n) is 8.97. The van der Waals surface area contributed by atoms with E-state index in [-0.39, 0.29) is 9.92 Å². The molecule has 8 heteroatoms. The molecule has 0 radical (unpaired) electrons. The lowest BCUT2D eigenvalue weighted by atomic mass is 10.4. The Kier molecular flexibility index (Phi) is 5.12. The van der Waals surface area contributed by atoms with Gasteiger partial charge in [-0.15, -0.1) is 0 Å². The quantitative estimate of drug-likeness (QED) is 0.780. The van der Waals surface area contributed by atoms with Crippen LogP contribution in [-0.2, 0) is 10.0 Å². The van der Waals surface area contributed by atoms with Gasteiger partial charge in [0, 0.05) is 4.47 Å². The number of hydrogen-bond donors (Lipinski definition) is 0. The molecule has 18 heavy (non-hydrogen) atoms. The Morgan fingerprint density at radius 3 is 2.28 bits per heavy atom. The molecule has 0 saturated heterocycles. The van der Waals surface area contributed by atoms with Crippen molar-refractivity contribution in [1.29, 1.82) is 10.5 Å². The van der Waals surface area contributed by atoms with Gasteiger partial charge in [-0.2, -0.15) is 14.8 Å². The molecule has 1 aromatic rings. The van der Waals surface area contributed by atoms with Gasteiger partial charge in [-0.25, -0.2) is 8.42 Å². The van der Waals surface area contributed by atoms with Crippen molar-refractivity contribution in [3.05, 3.63) is 27.7 Å². The summed E-state index contributed by atoms with van der Waals surface area (Å²) in [5, 5.41) is 17.2. The van der Waals surface area contributed by atoms with E-state index in [1.165, 1.54) is 18.2 Å². The smallest absolute Gasteiger partial charge is 0.207 e. The molecule has 94 valence electrons. The minimum atomic E-state index is -3.94. The molecule has 0 unspecified atom stereocenters. The van der Waals surface area contributed by atoms with Crippen LogP contribution in [0.1, 0.15) is 0 Å². The van der Waals surface area contributed by atoms with Gasteiger partial charge in [-0.1, -0.05) is 27.5 Å². The predicted octanol–water partition coefficient (Wildman–Crippen LogP) is 2.14. The summed E-state index contributed by atoms with van der Waals surface area (Å²) in [6.07, 6.45) is 0. The number of nitriles is 2. The lowest BCUT2D eigenvalue weighted by Gasteiger charge is -2.16. The van der Waals surface area contributed by atoms with Crippen molar-refractivity contribution in [2.45, 2.75) is 4.90 Å². The molecular formula is C10H7BrClN3O2S. The molecule has 1 rings (SSSR count). The van der Waals surface area contributed by atoms with Gasteiger partial charge in [-0.3, -0.25) is 0 Å². The van der Waals surface area contributed by atoms with Crippen molar-refractivity contribution in [3.63, 3.8) is 0 Å². The van der Waals surface area contributed by atoms with Crippen molar-refractivity contribution >= 4 is 37.6 Å². The summed E-state index contributed by atoms with van der Waals surface area (Å²) < 4.78 is 25.7. The third kappa shape index (κ3) is 3.21. The molecule has 0 heterocycles. The topological polar surface area (TPSA) is 85.0 Å². The highest BCUT2D eigenvalue weighted by molar-refractivity contribution is 9.10. The van der Waals surface area contributed by atoms with E-state index >= 15 is 0 Å². The van der Waals surface area contributed by atoms with Crippen LogP contribution in [-0.4, -0.2) is 25.8 Å². The molecule has 0 spiro atoms. The fraction of sp³-hybridized carbons (Fsp3) is 0.200. The Hall–Kier alpha value is -1.12. The van der Waals surface area contributed by atoms with Crippen molar-refractivity contribution in [1.82, 2.24) is 4.31 Å². The molecule has 0 aromatic heterocycles. The van der Waals surface area contributed by atoms with Crippen LogP contribution in [0.4, 0.5) is 0 Å². The first-order valence-corrected chi connectivity index (χ1v) is 7.23. The predicted molar refractivity (Wildman–Crippen MR) is 69.1 cm³/mol. The third-order valence-electron chi connectivity index (χ3n) is 2.01. The van der Waals surface area contributed by atoms with Crippen LogP contribution in [0.15, 0.2) is 27.6 Å². The van der Waals surface area contributed by atoms with Gasteiger partial charge in [0.05, 0.1) is 17.2 Å². The molecule has 0 aliphatic carbocycles. The van der Waals surface area contributed by atoms with Crippen LogP contribution in [0, 0.1) is 22.7 Å². The highest BCUT2D eigenvalue weighted by Crippen LogP contribution is 2.27. The number of nitrogens with zero attached hydrogens (tertiary/aromatic N) is 3. The SMILES string of the molecule is N#CCN(CC#N)S(=O)(=O)c1ccc(Br)cc1Cl. The largest absolute Gasteiger partial charge is 0.246 e. The summed E-state index contributed by atoms with van der Waals surface area (Å²) in [5.41, 5.74) is 0. The molecule has 0 bridgehead atoms. The second-order valence-electron chi connectivity index (χ2n) is 3.16. The summed E-state index contributed by atoms with van der Waals surface area (Å²) >= 11 is 9.02. The Labute approximate surface area is 118 Å². The van der Waals surface area contributed by atoms with Crippen molar-refractivity contribution in [2.75, 3.05) is 13.1 Å². The second-order valence-corrected chi connectivity index (χ2v) is 6.39. The summed E-state index contributed by atoms with van der Waals surface area (Å²) in [6, 6.07) is 7.69. The summed E-state index contributed by atoms with van der Waals surface area (Å²) in [7, 11) is -3.94. The molecule has 0 N–H and O–H groups in total. The van der Waals surface area contributed by atoms with Gasteiger partial charge in [-0.05, 0) is 18.2 Å². The van der Waals surface area contributed by atoms with Crippen LogP contribution in [0.5, 0.6) is 0 Å². The Morgan fingerprint density at radius 1 is 1.28 bits per heavy atom. The lowest BCUT2D eigenvalue weighted by molar-refractivity contribution is 0.479. The van der Waals surface area contributed by atoms with Crippen LogP contribution in [0.2, 0.25) is 5.02 Å². The Morgan fingerprint density at radius 2 is 1.83 bits per heavy atom. The molecular weight excluding hydrogens is 342 g/mol. The van der Waals surface area contributed by atoms with E-state index in [0.717, 1.165) is 4.31 Å². The Balaban J connectivity index is 3.28. The number of hydrogen-bond acceptors (Lipinski definition) is 4. The van der Waals surface area contributed by atoms with Gasteiger partial charge < -0.3 is 0 Å².